The maximum Gasteiger partial charge on any atom is 0.317 e. The lowest BCUT2D eigenvalue weighted by molar-refractivity contribution is -0.388. The summed E-state index contributed by atoms with van der Waals surface area (Å²) in [6, 6.07) is 0. The molecule has 30 heteroatoms. The molecule has 17 N–H and O–H groups in total. The van der Waals surface area contributed by atoms with Crippen LogP contribution in [0.3, 0.4) is 0 Å². The molecule has 540 valence electrons. The number of aliphatic hydroxyl groups excluding tert-OH is 17. The van der Waals surface area contributed by atoms with Crippen molar-refractivity contribution in [2.24, 2.45) is 50.2 Å². The molecule has 6 heterocycles. The number of allylic oxidation sites excluding steroid dienone is 2. The molecule has 11 aliphatic rings. The molecule has 0 spiro atoms. The van der Waals surface area contributed by atoms with E-state index >= 15 is 4.79 Å². The summed E-state index contributed by atoms with van der Waals surface area (Å²) in [6.45, 7) is 15.7. The number of rotatable bonds is 14. The Morgan fingerprint density at radius 2 is 1.03 bits per heavy atom. The molecule has 10 fully saturated rings. The number of ether oxygens (including phenoxy) is 12. The quantitative estimate of drug-likeness (QED) is 0.0447. The third kappa shape index (κ3) is 12.3. The van der Waals surface area contributed by atoms with Crippen molar-refractivity contribution in [3.63, 3.8) is 0 Å². The molecule has 30 nitrogen and oxygen atoms in total. The van der Waals surface area contributed by atoms with Crippen LogP contribution in [0.2, 0.25) is 0 Å². The van der Waals surface area contributed by atoms with Crippen LogP contribution in [0.1, 0.15) is 120 Å². The first-order valence-electron chi connectivity index (χ1n) is 33.5. The van der Waals surface area contributed by atoms with Gasteiger partial charge in [0.15, 0.2) is 37.6 Å². The van der Waals surface area contributed by atoms with Gasteiger partial charge in [-0.2, -0.15) is 0 Å². The van der Waals surface area contributed by atoms with Crippen LogP contribution in [-0.2, 0) is 61.6 Å². The minimum atomic E-state index is -1.96. The van der Waals surface area contributed by atoms with Gasteiger partial charge in [0.25, 0.3) is 0 Å². The van der Waals surface area contributed by atoms with Crippen molar-refractivity contribution in [3.05, 3.63) is 11.6 Å². The molecule has 11 rings (SSSR count). The van der Waals surface area contributed by atoms with Gasteiger partial charge in [0.05, 0.1) is 50.8 Å². The average Bonchev–Trinajstić information content (AvgIpc) is 0.671. The Morgan fingerprint density at radius 3 is 1.69 bits per heavy atom. The van der Waals surface area contributed by atoms with E-state index in [1.54, 1.807) is 0 Å². The predicted octanol–water partition coefficient (Wildman–Crippen LogP) is -4.08. The summed E-state index contributed by atoms with van der Waals surface area (Å²) in [5.74, 6) is -1.33. The number of hydrogen-bond acceptors (Lipinski definition) is 30. The molecule has 0 aromatic carbocycles. The summed E-state index contributed by atoms with van der Waals surface area (Å²) in [5.41, 5.74) is -2.90. The van der Waals surface area contributed by atoms with Crippen molar-refractivity contribution in [3.8, 4) is 0 Å². The van der Waals surface area contributed by atoms with Crippen molar-refractivity contribution in [1.82, 2.24) is 0 Å². The number of esters is 1. The molecular formula is C64H104O30. The van der Waals surface area contributed by atoms with E-state index in [-0.39, 0.29) is 35.5 Å². The van der Waals surface area contributed by atoms with E-state index in [9.17, 15) is 86.8 Å². The third-order valence-electron chi connectivity index (χ3n) is 24.8. The maximum atomic E-state index is 15.5. The van der Waals surface area contributed by atoms with Crippen LogP contribution in [0.15, 0.2) is 11.6 Å². The lowest BCUT2D eigenvalue weighted by Gasteiger charge is -2.71. The topological polar surface area (TPSA) is 472 Å². The van der Waals surface area contributed by atoms with E-state index < -0.39 is 244 Å². The minimum Gasteiger partial charge on any atom is -0.432 e. The van der Waals surface area contributed by atoms with Crippen LogP contribution in [0.4, 0.5) is 0 Å². The normalized spacial score (nSPS) is 55.0. The highest BCUT2D eigenvalue weighted by Crippen LogP contribution is 2.76. The van der Waals surface area contributed by atoms with Crippen LogP contribution >= 0.6 is 0 Å². The van der Waals surface area contributed by atoms with E-state index in [4.69, 9.17) is 56.8 Å². The number of hydrogen-bond donors (Lipinski definition) is 17. The largest absolute Gasteiger partial charge is 0.432 e. The lowest BCUT2D eigenvalue weighted by atomic mass is 9.33. The van der Waals surface area contributed by atoms with Crippen molar-refractivity contribution in [2.75, 3.05) is 26.4 Å². The van der Waals surface area contributed by atoms with Crippen LogP contribution in [0.5, 0.6) is 0 Å². The van der Waals surface area contributed by atoms with Gasteiger partial charge >= 0.3 is 5.97 Å². The van der Waals surface area contributed by atoms with Crippen molar-refractivity contribution >= 4 is 5.97 Å². The van der Waals surface area contributed by atoms with Crippen molar-refractivity contribution < 1.29 is 148 Å². The van der Waals surface area contributed by atoms with Gasteiger partial charge in [0.2, 0.25) is 6.29 Å². The smallest absolute Gasteiger partial charge is 0.317 e. The zero-order valence-corrected chi connectivity index (χ0v) is 54.7. The van der Waals surface area contributed by atoms with Gasteiger partial charge in [-0.05, 0) is 116 Å². The molecule has 0 amide bonds. The number of carbonyl (C=O) groups excluding carboxylic acids is 1. The molecule has 0 radical (unpaired) electrons. The highest BCUT2D eigenvalue weighted by molar-refractivity contribution is 5.80. The van der Waals surface area contributed by atoms with Gasteiger partial charge in [0.1, 0.15) is 121 Å². The standard InChI is InChI=1S/C64H104O30/c1-24-36(70)40(74)44(78)53(85-24)92-50-47(81)56(88-31(21-66)49(50)91-52-43(77)37(71)28(67)22-83-52)89-35-13-14-61(7)32(60(35,5)6)12-15-62(8)33(61)11-10-26-27-18-59(3,4)16-17-64(27,34(69)19-63(26,62)9)58(82)94-57-51(38(72)29(68)23-84-57)93-54-46(80)42(76)48(25(2)86-54)90-55-45(79)41(75)39(73)30(20-65)87-55/h10,24-25,27-57,65-81H,11-23H2,1-9H3/t24-,25-,27-,28-,29-,30+,31+,32-,33+,34+,35-,36-,37+,38-,39+,40+,41-,42-,43-,44+,45+,46+,47+,48-,49+,50+,51+,52+,53-,54-,55-,56-,57+,61-,62+,63+,64+/m0/s1. The fraction of sp³-hybridized carbons (Fsp3) is 0.953. The molecule has 6 aliphatic heterocycles. The number of carbonyl (C=O) groups is 1. The maximum absolute atomic E-state index is 15.5. The van der Waals surface area contributed by atoms with Crippen LogP contribution in [0.25, 0.3) is 0 Å². The lowest BCUT2D eigenvalue weighted by Crippen LogP contribution is -2.69. The van der Waals surface area contributed by atoms with E-state index in [0.29, 0.717) is 44.9 Å². The van der Waals surface area contributed by atoms with Crippen LogP contribution in [0, 0.1) is 50.2 Å². The van der Waals surface area contributed by atoms with Gasteiger partial charge in [-0.3, -0.25) is 4.79 Å². The molecule has 6 saturated heterocycles. The molecule has 0 unspecified atom stereocenters. The summed E-state index contributed by atoms with van der Waals surface area (Å²) in [5, 5.41) is 187. The summed E-state index contributed by atoms with van der Waals surface area (Å²) < 4.78 is 72.4. The highest BCUT2D eigenvalue weighted by Gasteiger charge is 2.72. The monoisotopic (exact) mass is 1350 g/mol. The fourth-order valence-electron chi connectivity index (χ4n) is 18.9. The highest BCUT2D eigenvalue weighted by atomic mass is 16.8. The average molecular weight is 1350 g/mol. The predicted molar refractivity (Wildman–Crippen MR) is 315 cm³/mol. The second-order valence-electron chi connectivity index (χ2n) is 31.1. The number of aliphatic hydroxyl groups is 17. The van der Waals surface area contributed by atoms with Gasteiger partial charge in [-0.25, -0.2) is 0 Å². The Kier molecular flexibility index (Phi) is 21.2. The van der Waals surface area contributed by atoms with Gasteiger partial charge < -0.3 is 144 Å². The van der Waals surface area contributed by atoms with Gasteiger partial charge in [-0.15, -0.1) is 0 Å². The van der Waals surface area contributed by atoms with E-state index in [1.165, 1.54) is 13.8 Å². The summed E-state index contributed by atoms with van der Waals surface area (Å²) in [6.07, 6.45) is -40.6. The number of fused-ring (bicyclic) bond motifs is 7. The Hall–Kier alpha value is -1.91. The Labute approximate surface area is 545 Å². The van der Waals surface area contributed by atoms with Crippen molar-refractivity contribution in [2.45, 2.75) is 304 Å². The molecule has 94 heavy (non-hydrogen) atoms. The Bertz CT molecular complexity index is 2660. The van der Waals surface area contributed by atoms with Crippen LogP contribution < -0.4 is 0 Å². The first-order valence-corrected chi connectivity index (χ1v) is 33.5. The second-order valence-corrected chi connectivity index (χ2v) is 31.1. The molecule has 5 aliphatic carbocycles. The summed E-state index contributed by atoms with van der Waals surface area (Å²) in [4.78, 5) is 15.5. The molecule has 37 atom stereocenters. The Morgan fingerprint density at radius 1 is 0.489 bits per heavy atom. The van der Waals surface area contributed by atoms with Crippen LogP contribution in [-0.4, -0.2) is 303 Å². The zero-order chi connectivity index (χ0) is 68.6. The van der Waals surface area contributed by atoms with Gasteiger partial charge in [-0.1, -0.05) is 60.1 Å². The first kappa shape index (κ1) is 73.3. The van der Waals surface area contributed by atoms with Gasteiger partial charge in [0, 0.05) is 0 Å². The third-order valence-corrected chi connectivity index (χ3v) is 24.8. The molecule has 0 bridgehead atoms. The summed E-state index contributed by atoms with van der Waals surface area (Å²) >= 11 is 0. The summed E-state index contributed by atoms with van der Waals surface area (Å²) in [7, 11) is 0. The minimum absolute atomic E-state index is 0.00613. The van der Waals surface area contributed by atoms with Crippen molar-refractivity contribution in [1.29, 1.82) is 0 Å². The first-order chi connectivity index (χ1) is 44.0. The van der Waals surface area contributed by atoms with E-state index in [0.717, 1.165) is 5.57 Å². The Balaban J connectivity index is 0.811. The fourth-order valence-corrected chi connectivity index (χ4v) is 18.9. The molecule has 0 aromatic heterocycles. The SMILES string of the molecule is C[C@@H]1O[C@@H](O[C@@H]2[C@@H](O)[C@H](O[C@H]3CC[C@]4(C)[C@H]5CC=C6[C@@H]7CC(C)(C)CC[C@]7(C(=O)O[C@H]7OC[C@H](O)[C@H](O)[C@H]7O[C@@H]7O[C@@H](C)[C@H](O[C@@H]8O[C@H](CO)[C@@H](O)[C@H](O)[C@H]8O)[C@@H](O)[C@H]7O)[C@H](O)C[C@@]6(C)[C@]5(C)CC[C@H]4C3(C)C)O[C@H](CO)[C@H]2O[C@H]2OC[C@H](O)[C@@H](O)[C@@H]2O)[C@H](O)[C@H](O)[C@H]1O. The molecular weight excluding hydrogens is 1250 g/mol. The molecule has 4 saturated carbocycles. The van der Waals surface area contributed by atoms with E-state index in [2.05, 4.69) is 54.5 Å². The van der Waals surface area contributed by atoms with E-state index in [1.807, 2.05) is 0 Å². The second kappa shape index (κ2) is 27.1. The zero-order valence-electron chi connectivity index (χ0n) is 54.7. The molecule has 0 aromatic rings.